The van der Waals surface area contributed by atoms with Crippen molar-refractivity contribution in [2.24, 2.45) is 0 Å². The van der Waals surface area contributed by atoms with Gasteiger partial charge in [-0.05, 0) is 19.1 Å². The molecule has 0 bridgehead atoms. The van der Waals surface area contributed by atoms with E-state index in [1.165, 1.54) is 6.07 Å². The van der Waals surface area contributed by atoms with Gasteiger partial charge in [-0.2, -0.15) is 13.2 Å². The Morgan fingerprint density at radius 1 is 1.46 bits per heavy atom. The van der Waals surface area contributed by atoms with Gasteiger partial charge in [0.15, 0.2) is 0 Å². The Balaban J connectivity index is 2.75. The van der Waals surface area contributed by atoms with E-state index in [2.05, 4.69) is 0 Å². The highest BCUT2D eigenvalue weighted by molar-refractivity contribution is 7.12. The van der Waals surface area contributed by atoms with Crippen LogP contribution in [-0.4, -0.2) is 11.2 Å². The molecule has 0 spiro atoms. The summed E-state index contributed by atoms with van der Waals surface area (Å²) in [5.74, 6) is 0. The number of alkyl halides is 3. The molecule has 0 saturated carbocycles. The molecule has 74 valence electrons. The summed E-state index contributed by atoms with van der Waals surface area (Å²) in [5, 5.41) is 8.94. The van der Waals surface area contributed by atoms with E-state index in [0.29, 0.717) is 16.2 Å². The second-order valence-electron chi connectivity index (χ2n) is 2.82. The number of hydrogen-bond donors (Lipinski definition) is 1. The molecule has 0 saturated heterocycles. The molecule has 1 N–H and O–H groups in total. The minimum atomic E-state index is -4.26. The molecular weight excluding hydrogens is 201 g/mol. The van der Waals surface area contributed by atoms with Gasteiger partial charge in [0.05, 0.1) is 6.10 Å². The zero-order chi connectivity index (χ0) is 10.1. The number of halogens is 3. The molecular formula is C8H9F3OS. The lowest BCUT2D eigenvalue weighted by molar-refractivity contribution is -0.134. The molecule has 1 nitrogen and oxygen atoms in total. The number of rotatable bonds is 2. The number of aliphatic hydroxyl groups is 1. The highest BCUT2D eigenvalue weighted by Crippen LogP contribution is 2.34. The van der Waals surface area contributed by atoms with Gasteiger partial charge in [0.2, 0.25) is 0 Å². The minimum absolute atomic E-state index is 0.279. The summed E-state index contributed by atoms with van der Waals surface area (Å²) in [6.45, 7) is 1.55. The molecule has 0 unspecified atom stereocenters. The van der Waals surface area contributed by atoms with E-state index >= 15 is 0 Å². The Labute approximate surface area is 77.8 Å². The zero-order valence-corrected chi connectivity index (χ0v) is 7.75. The Morgan fingerprint density at radius 2 is 2.08 bits per heavy atom. The van der Waals surface area contributed by atoms with Gasteiger partial charge in [-0.15, -0.1) is 11.3 Å². The molecule has 13 heavy (non-hydrogen) atoms. The molecule has 5 heteroatoms. The van der Waals surface area contributed by atoms with Gasteiger partial charge in [0.25, 0.3) is 0 Å². The first kappa shape index (κ1) is 10.5. The van der Waals surface area contributed by atoms with Gasteiger partial charge in [0.1, 0.15) is 4.88 Å². The van der Waals surface area contributed by atoms with Crippen LogP contribution < -0.4 is 0 Å². The van der Waals surface area contributed by atoms with Crippen molar-refractivity contribution in [2.45, 2.75) is 25.6 Å². The summed E-state index contributed by atoms with van der Waals surface area (Å²) < 4.78 is 36.3. The maximum absolute atomic E-state index is 12.1. The van der Waals surface area contributed by atoms with Crippen molar-refractivity contribution >= 4 is 11.3 Å². The lowest BCUT2D eigenvalue weighted by Crippen LogP contribution is -2.02. The Hall–Kier alpha value is -0.550. The molecule has 0 amide bonds. The smallest absolute Gasteiger partial charge is 0.393 e. The van der Waals surface area contributed by atoms with Crippen molar-refractivity contribution in [3.63, 3.8) is 0 Å². The van der Waals surface area contributed by atoms with Gasteiger partial charge >= 0.3 is 6.18 Å². The van der Waals surface area contributed by atoms with Crippen LogP contribution in [-0.2, 0) is 12.6 Å². The highest BCUT2D eigenvalue weighted by atomic mass is 32.1. The van der Waals surface area contributed by atoms with Crippen LogP contribution in [0, 0.1) is 0 Å². The normalized spacial score (nSPS) is 14.5. The van der Waals surface area contributed by atoms with E-state index in [9.17, 15) is 13.2 Å². The van der Waals surface area contributed by atoms with Gasteiger partial charge in [0, 0.05) is 11.3 Å². The minimum Gasteiger partial charge on any atom is -0.393 e. The van der Waals surface area contributed by atoms with E-state index in [4.69, 9.17) is 5.11 Å². The average Bonchev–Trinajstić information content (AvgIpc) is 2.32. The predicted molar refractivity (Wildman–Crippen MR) is 44.7 cm³/mol. The summed E-state index contributed by atoms with van der Waals surface area (Å²) in [6, 6.07) is 2.45. The monoisotopic (exact) mass is 210 g/mol. The lowest BCUT2D eigenvalue weighted by atomic mass is 10.2. The van der Waals surface area contributed by atoms with Gasteiger partial charge in [-0.1, -0.05) is 0 Å². The van der Waals surface area contributed by atoms with Crippen molar-refractivity contribution < 1.29 is 18.3 Å². The van der Waals surface area contributed by atoms with Crippen LogP contribution in [0.3, 0.4) is 0 Å². The van der Waals surface area contributed by atoms with Crippen LogP contribution in [0.4, 0.5) is 13.2 Å². The van der Waals surface area contributed by atoms with E-state index in [1.54, 1.807) is 6.92 Å². The standard InChI is InChI=1S/C8H9F3OS/c1-5(12)4-6-2-3-7(13-6)8(9,10)11/h2-3,5,12H,4H2,1H3/t5-/m1/s1. The number of thiophene rings is 1. The van der Waals surface area contributed by atoms with E-state index in [0.717, 1.165) is 6.07 Å². The SMILES string of the molecule is C[C@@H](O)Cc1ccc(C(F)(F)F)s1. The van der Waals surface area contributed by atoms with Crippen molar-refractivity contribution in [3.05, 3.63) is 21.9 Å². The Morgan fingerprint density at radius 3 is 2.46 bits per heavy atom. The molecule has 1 aromatic heterocycles. The largest absolute Gasteiger partial charge is 0.425 e. The van der Waals surface area contributed by atoms with Crippen LogP contribution in [0.5, 0.6) is 0 Å². The molecule has 0 aliphatic rings. The van der Waals surface area contributed by atoms with Gasteiger partial charge in [-0.3, -0.25) is 0 Å². The molecule has 1 atom stereocenters. The zero-order valence-electron chi connectivity index (χ0n) is 6.93. The number of aliphatic hydroxyl groups excluding tert-OH is 1. The second kappa shape index (κ2) is 3.67. The van der Waals surface area contributed by atoms with E-state index in [1.807, 2.05) is 0 Å². The average molecular weight is 210 g/mol. The number of hydrogen-bond acceptors (Lipinski definition) is 2. The fourth-order valence-electron chi connectivity index (χ4n) is 0.931. The molecule has 1 heterocycles. The van der Waals surface area contributed by atoms with Crippen molar-refractivity contribution in [3.8, 4) is 0 Å². The quantitative estimate of drug-likeness (QED) is 0.795. The summed E-state index contributed by atoms with van der Waals surface area (Å²) >= 11 is 0.683. The third-order valence-electron chi connectivity index (χ3n) is 1.44. The molecule has 0 aliphatic heterocycles. The first-order valence-electron chi connectivity index (χ1n) is 3.73. The molecule has 1 aromatic rings. The summed E-state index contributed by atoms with van der Waals surface area (Å²) in [7, 11) is 0. The highest BCUT2D eigenvalue weighted by Gasteiger charge is 2.32. The maximum Gasteiger partial charge on any atom is 0.425 e. The molecule has 0 aliphatic carbocycles. The Bertz CT molecular complexity index is 277. The van der Waals surface area contributed by atoms with Crippen LogP contribution in [0.15, 0.2) is 12.1 Å². The van der Waals surface area contributed by atoms with Crippen molar-refractivity contribution in [1.29, 1.82) is 0 Å². The summed E-state index contributed by atoms with van der Waals surface area (Å²) in [5.41, 5.74) is 0. The predicted octanol–water partition coefficient (Wildman–Crippen LogP) is 2.69. The molecule has 1 rings (SSSR count). The molecule has 0 radical (unpaired) electrons. The second-order valence-corrected chi connectivity index (χ2v) is 3.99. The fourth-order valence-corrected chi connectivity index (χ4v) is 1.93. The first-order valence-corrected chi connectivity index (χ1v) is 4.55. The summed E-state index contributed by atoms with van der Waals surface area (Å²) in [4.78, 5) is -0.0505. The van der Waals surface area contributed by atoms with Crippen LogP contribution in [0.25, 0.3) is 0 Å². The Kier molecular flexibility index (Phi) is 2.98. The third-order valence-corrected chi connectivity index (χ3v) is 2.59. The van der Waals surface area contributed by atoms with Gasteiger partial charge < -0.3 is 5.11 Å². The van der Waals surface area contributed by atoms with Crippen LogP contribution in [0.1, 0.15) is 16.7 Å². The fraction of sp³-hybridized carbons (Fsp3) is 0.500. The molecule has 0 fully saturated rings. The maximum atomic E-state index is 12.1. The van der Waals surface area contributed by atoms with Crippen molar-refractivity contribution in [1.82, 2.24) is 0 Å². The van der Waals surface area contributed by atoms with Crippen LogP contribution in [0.2, 0.25) is 0 Å². The van der Waals surface area contributed by atoms with Crippen LogP contribution >= 0.6 is 11.3 Å². The summed E-state index contributed by atoms with van der Waals surface area (Å²) in [6.07, 6.45) is -4.58. The van der Waals surface area contributed by atoms with E-state index in [-0.39, 0.29) is 6.42 Å². The van der Waals surface area contributed by atoms with Crippen molar-refractivity contribution in [2.75, 3.05) is 0 Å². The first-order chi connectivity index (χ1) is 5.89. The van der Waals surface area contributed by atoms with E-state index < -0.39 is 17.2 Å². The molecule has 0 aromatic carbocycles. The lowest BCUT2D eigenvalue weighted by Gasteiger charge is -2.02. The topological polar surface area (TPSA) is 20.2 Å². The third kappa shape index (κ3) is 3.00. The van der Waals surface area contributed by atoms with Gasteiger partial charge in [-0.25, -0.2) is 0 Å².